The summed E-state index contributed by atoms with van der Waals surface area (Å²) in [6.45, 7) is 1.14. The van der Waals surface area contributed by atoms with Gasteiger partial charge in [-0.05, 0) is 13.0 Å². The van der Waals surface area contributed by atoms with E-state index in [1.807, 2.05) is 0 Å². The molecule has 0 unspecified atom stereocenters. The Kier molecular flexibility index (Phi) is 5.45. The fourth-order valence-corrected chi connectivity index (χ4v) is 2.19. The van der Waals surface area contributed by atoms with E-state index in [1.165, 1.54) is 6.07 Å². The molecule has 0 fully saturated rings. The van der Waals surface area contributed by atoms with Crippen LogP contribution in [0.15, 0.2) is 30.0 Å². The molecule has 0 saturated heterocycles. The molecule has 0 radical (unpaired) electrons. The van der Waals surface area contributed by atoms with Gasteiger partial charge in [-0.1, -0.05) is 0 Å². The molecular formula is C15H15N3O7. The van der Waals surface area contributed by atoms with Crippen LogP contribution in [0.25, 0.3) is 0 Å². The molecule has 25 heavy (non-hydrogen) atoms. The highest BCUT2D eigenvalue weighted by Crippen LogP contribution is 2.24. The molecule has 10 heteroatoms. The van der Waals surface area contributed by atoms with E-state index in [0.717, 1.165) is 23.1 Å². The molecule has 0 aliphatic carbocycles. The smallest absolute Gasteiger partial charge is 0.338 e. The van der Waals surface area contributed by atoms with Crippen LogP contribution in [-0.4, -0.2) is 52.5 Å². The normalized spacial score (nSPS) is 13.7. The zero-order chi connectivity index (χ0) is 18.6. The van der Waals surface area contributed by atoms with E-state index in [0.29, 0.717) is 0 Å². The molecule has 0 aromatic heterocycles. The van der Waals surface area contributed by atoms with Gasteiger partial charge in [0.15, 0.2) is 0 Å². The zero-order valence-corrected chi connectivity index (χ0v) is 13.2. The van der Waals surface area contributed by atoms with Crippen molar-refractivity contribution in [2.45, 2.75) is 6.92 Å². The molecule has 1 heterocycles. The standard InChI is InChI=1S/C15H15N3O7/c1-2-25-15(22)9-5-10(7-11(6-9)18(23)24)16-12-8-13(20)17(3-4-19)14(12)21/h5-8,16,19H,2-4H2,1H3. The van der Waals surface area contributed by atoms with E-state index in [9.17, 15) is 24.5 Å². The summed E-state index contributed by atoms with van der Waals surface area (Å²) in [6, 6.07) is 3.45. The summed E-state index contributed by atoms with van der Waals surface area (Å²) < 4.78 is 4.81. The second-order valence-corrected chi connectivity index (χ2v) is 4.95. The molecule has 0 saturated carbocycles. The quantitative estimate of drug-likeness (QED) is 0.313. The van der Waals surface area contributed by atoms with Gasteiger partial charge in [0.25, 0.3) is 17.5 Å². The van der Waals surface area contributed by atoms with Crippen molar-refractivity contribution < 1.29 is 29.2 Å². The number of non-ortho nitro benzene ring substituents is 1. The maximum atomic E-state index is 12.1. The largest absolute Gasteiger partial charge is 0.462 e. The van der Waals surface area contributed by atoms with Crippen LogP contribution in [0.2, 0.25) is 0 Å². The molecule has 2 amide bonds. The number of ether oxygens (including phenoxy) is 1. The molecular weight excluding hydrogens is 334 g/mol. The first-order chi connectivity index (χ1) is 11.9. The Morgan fingerprint density at radius 1 is 1.36 bits per heavy atom. The van der Waals surface area contributed by atoms with Gasteiger partial charge in [0, 0.05) is 23.9 Å². The Morgan fingerprint density at radius 3 is 2.68 bits per heavy atom. The Hall–Kier alpha value is -3.27. The van der Waals surface area contributed by atoms with Gasteiger partial charge < -0.3 is 15.2 Å². The molecule has 2 N–H and O–H groups in total. The van der Waals surface area contributed by atoms with Crippen LogP contribution >= 0.6 is 0 Å². The van der Waals surface area contributed by atoms with Crippen molar-refractivity contribution in [2.24, 2.45) is 0 Å². The number of nitrogens with one attached hydrogen (secondary N) is 1. The number of β-amino-alcohol motifs (C(OH)–C–C–N with tert-alkyl or cyclic N) is 1. The van der Waals surface area contributed by atoms with Crippen LogP contribution in [-0.2, 0) is 14.3 Å². The van der Waals surface area contributed by atoms with Gasteiger partial charge in [-0.25, -0.2) is 4.79 Å². The SMILES string of the molecule is CCOC(=O)c1cc(NC2=CC(=O)N(CCO)C2=O)cc([N+](=O)[O-])c1. The van der Waals surface area contributed by atoms with Crippen LogP contribution in [0.5, 0.6) is 0 Å². The second-order valence-electron chi connectivity index (χ2n) is 4.95. The minimum atomic E-state index is -0.751. The maximum absolute atomic E-state index is 12.1. The minimum Gasteiger partial charge on any atom is -0.462 e. The van der Waals surface area contributed by atoms with E-state index in [2.05, 4.69) is 5.32 Å². The lowest BCUT2D eigenvalue weighted by atomic mass is 10.1. The van der Waals surface area contributed by atoms with Crippen LogP contribution in [0.3, 0.4) is 0 Å². The first-order valence-electron chi connectivity index (χ1n) is 7.29. The monoisotopic (exact) mass is 349 g/mol. The number of aliphatic hydroxyl groups excluding tert-OH is 1. The van der Waals surface area contributed by atoms with Crippen molar-refractivity contribution in [2.75, 3.05) is 25.1 Å². The lowest BCUT2D eigenvalue weighted by Gasteiger charge is -2.13. The average molecular weight is 349 g/mol. The summed E-state index contributed by atoms with van der Waals surface area (Å²) in [5.41, 5.74) is -0.481. The van der Waals surface area contributed by atoms with Gasteiger partial charge in [-0.3, -0.25) is 24.6 Å². The van der Waals surface area contributed by atoms with E-state index >= 15 is 0 Å². The number of nitro benzene ring substituents is 1. The molecule has 0 bridgehead atoms. The minimum absolute atomic E-state index is 0.0665. The summed E-state index contributed by atoms with van der Waals surface area (Å²) in [6.07, 6.45) is 1.01. The van der Waals surface area contributed by atoms with Crippen LogP contribution in [0.4, 0.5) is 11.4 Å². The summed E-state index contributed by atoms with van der Waals surface area (Å²) in [5, 5.41) is 22.5. The highest BCUT2D eigenvalue weighted by atomic mass is 16.6. The summed E-state index contributed by atoms with van der Waals surface area (Å²) in [7, 11) is 0. The van der Waals surface area contributed by atoms with Crippen molar-refractivity contribution in [1.82, 2.24) is 4.90 Å². The molecule has 132 valence electrons. The number of hydrogen-bond donors (Lipinski definition) is 2. The molecule has 10 nitrogen and oxygen atoms in total. The number of rotatable bonds is 7. The number of aliphatic hydroxyl groups is 1. The third kappa shape index (κ3) is 3.98. The maximum Gasteiger partial charge on any atom is 0.338 e. The topological polar surface area (TPSA) is 139 Å². The Morgan fingerprint density at radius 2 is 2.08 bits per heavy atom. The van der Waals surface area contributed by atoms with Crippen molar-refractivity contribution in [3.05, 3.63) is 45.6 Å². The molecule has 1 aromatic rings. The van der Waals surface area contributed by atoms with Crippen molar-refractivity contribution in [1.29, 1.82) is 0 Å². The number of esters is 1. The average Bonchev–Trinajstić information content (AvgIpc) is 2.82. The molecule has 2 rings (SSSR count). The van der Waals surface area contributed by atoms with Crippen LogP contribution < -0.4 is 5.32 Å². The first-order valence-corrected chi connectivity index (χ1v) is 7.29. The molecule has 0 atom stereocenters. The number of nitro groups is 1. The first kappa shape index (κ1) is 18.1. The van der Waals surface area contributed by atoms with E-state index in [1.54, 1.807) is 6.92 Å². The Bertz CT molecular complexity index is 772. The number of carbonyl (C=O) groups excluding carboxylic acids is 3. The number of carbonyl (C=O) groups is 3. The van der Waals surface area contributed by atoms with Crippen molar-refractivity contribution >= 4 is 29.2 Å². The number of nitrogens with zero attached hydrogens (tertiary/aromatic N) is 2. The number of anilines is 1. The predicted molar refractivity (Wildman–Crippen MR) is 84.6 cm³/mol. The lowest BCUT2D eigenvalue weighted by Crippen LogP contribution is -2.34. The molecule has 0 spiro atoms. The van der Waals surface area contributed by atoms with Crippen LogP contribution in [0.1, 0.15) is 17.3 Å². The Balaban J connectivity index is 2.31. The van der Waals surface area contributed by atoms with E-state index < -0.39 is 22.7 Å². The van der Waals surface area contributed by atoms with Gasteiger partial charge in [0.1, 0.15) is 5.70 Å². The number of hydrogen-bond acceptors (Lipinski definition) is 8. The zero-order valence-electron chi connectivity index (χ0n) is 13.2. The van der Waals surface area contributed by atoms with Gasteiger partial charge >= 0.3 is 5.97 Å². The van der Waals surface area contributed by atoms with Crippen molar-refractivity contribution in [3.63, 3.8) is 0 Å². The number of imide groups is 1. The van der Waals surface area contributed by atoms with Gasteiger partial charge in [-0.2, -0.15) is 0 Å². The summed E-state index contributed by atoms with van der Waals surface area (Å²) >= 11 is 0. The molecule has 1 aromatic carbocycles. The number of amides is 2. The highest BCUT2D eigenvalue weighted by molar-refractivity contribution is 6.17. The Labute approximate surface area is 141 Å². The molecule has 1 aliphatic rings. The van der Waals surface area contributed by atoms with Gasteiger partial charge in [-0.15, -0.1) is 0 Å². The highest BCUT2D eigenvalue weighted by Gasteiger charge is 2.31. The third-order valence-corrected chi connectivity index (χ3v) is 3.25. The summed E-state index contributed by atoms with van der Waals surface area (Å²) in [5.74, 6) is -2.04. The molecule has 1 aliphatic heterocycles. The van der Waals surface area contributed by atoms with Crippen LogP contribution in [0, 0.1) is 10.1 Å². The van der Waals surface area contributed by atoms with Gasteiger partial charge in [0.05, 0.1) is 30.2 Å². The van der Waals surface area contributed by atoms with E-state index in [4.69, 9.17) is 9.84 Å². The fraction of sp³-hybridized carbons (Fsp3) is 0.267. The fourth-order valence-electron chi connectivity index (χ4n) is 2.19. The van der Waals surface area contributed by atoms with Crippen molar-refractivity contribution in [3.8, 4) is 0 Å². The van der Waals surface area contributed by atoms with E-state index in [-0.39, 0.29) is 42.4 Å². The number of benzene rings is 1. The third-order valence-electron chi connectivity index (χ3n) is 3.25. The second kappa shape index (κ2) is 7.53. The summed E-state index contributed by atoms with van der Waals surface area (Å²) in [4.78, 5) is 46.8. The lowest BCUT2D eigenvalue weighted by molar-refractivity contribution is -0.384. The predicted octanol–water partition coefficient (Wildman–Crippen LogP) is 0.428. The van der Waals surface area contributed by atoms with Gasteiger partial charge in [0.2, 0.25) is 0 Å².